The summed E-state index contributed by atoms with van der Waals surface area (Å²) in [5.41, 5.74) is 6.03. The van der Waals surface area contributed by atoms with E-state index >= 15 is 0 Å². The Hall–Kier alpha value is 0.1000. The molecular weight excluding hydrogens is 260 g/mol. The van der Waals surface area contributed by atoms with Crippen molar-refractivity contribution in [3.63, 3.8) is 0 Å². The molecule has 2 nitrogen and oxygen atoms in total. The van der Waals surface area contributed by atoms with Crippen LogP contribution in [0.1, 0.15) is 11.3 Å². The molecule has 0 aromatic carbocycles. The molecule has 0 aliphatic carbocycles. The average molecular weight is 277 g/mol. The first-order valence-corrected chi connectivity index (χ1v) is 6.38. The van der Waals surface area contributed by atoms with Crippen LogP contribution in [0.5, 0.6) is 0 Å². The second-order valence-electron chi connectivity index (χ2n) is 3.79. The zero-order chi connectivity index (χ0) is 10.6. The molecule has 1 unspecified atom stereocenters. The van der Waals surface area contributed by atoms with Gasteiger partial charge in [-0.05, 0) is 55.5 Å². The molecule has 1 heterocycles. The second kappa shape index (κ2) is 5.85. The summed E-state index contributed by atoms with van der Waals surface area (Å²) in [5, 5.41) is 2.11. The third-order valence-electron chi connectivity index (χ3n) is 2.03. The molecule has 1 aromatic heterocycles. The van der Waals surface area contributed by atoms with Crippen LogP contribution in [0, 0.1) is 0 Å². The highest BCUT2D eigenvalue weighted by Crippen LogP contribution is 2.21. The summed E-state index contributed by atoms with van der Waals surface area (Å²) in [6.07, 6.45) is 2.05. The lowest BCUT2D eigenvalue weighted by atomic mass is 10.1. The number of halogens is 1. The van der Waals surface area contributed by atoms with Crippen molar-refractivity contribution >= 4 is 27.3 Å². The molecule has 0 saturated heterocycles. The number of nitrogens with zero attached hydrogens (tertiary/aromatic N) is 1. The largest absolute Gasteiger partial charge is 0.327 e. The molecule has 1 aromatic rings. The molecule has 2 N–H and O–H groups in total. The topological polar surface area (TPSA) is 29.3 Å². The van der Waals surface area contributed by atoms with E-state index in [2.05, 4.69) is 46.4 Å². The van der Waals surface area contributed by atoms with Gasteiger partial charge in [0.15, 0.2) is 0 Å². The summed E-state index contributed by atoms with van der Waals surface area (Å²) in [5.74, 6) is 0. The Morgan fingerprint density at radius 2 is 2.29 bits per heavy atom. The fourth-order valence-corrected chi connectivity index (χ4v) is 2.79. The molecule has 0 fully saturated rings. The molecule has 0 radical (unpaired) electrons. The second-order valence-corrected chi connectivity index (χ2v) is 5.70. The van der Waals surface area contributed by atoms with Crippen LogP contribution in [0.15, 0.2) is 15.9 Å². The summed E-state index contributed by atoms with van der Waals surface area (Å²) in [6, 6.07) is 2.43. The van der Waals surface area contributed by atoms with Crippen LogP contribution in [0.4, 0.5) is 0 Å². The van der Waals surface area contributed by atoms with Gasteiger partial charge in [-0.15, -0.1) is 11.3 Å². The zero-order valence-electron chi connectivity index (χ0n) is 8.66. The van der Waals surface area contributed by atoms with Gasteiger partial charge in [0.05, 0.1) is 0 Å². The Morgan fingerprint density at radius 3 is 2.79 bits per heavy atom. The van der Waals surface area contributed by atoms with Crippen LogP contribution in [-0.4, -0.2) is 31.6 Å². The molecule has 0 aliphatic heterocycles. The highest BCUT2D eigenvalue weighted by molar-refractivity contribution is 9.10. The molecule has 0 amide bonds. The van der Waals surface area contributed by atoms with E-state index in [1.807, 2.05) is 0 Å². The minimum Gasteiger partial charge on any atom is -0.327 e. The number of rotatable bonds is 5. The summed E-state index contributed by atoms with van der Waals surface area (Å²) in [4.78, 5) is 3.53. The predicted molar refractivity (Wildman–Crippen MR) is 66.9 cm³/mol. The monoisotopic (exact) mass is 276 g/mol. The van der Waals surface area contributed by atoms with E-state index in [1.165, 1.54) is 4.88 Å². The summed E-state index contributed by atoms with van der Waals surface area (Å²) < 4.78 is 1.16. The summed E-state index contributed by atoms with van der Waals surface area (Å²) in [6.45, 7) is 1.06. The number of nitrogens with two attached hydrogens (primary N) is 1. The molecule has 0 spiro atoms. The van der Waals surface area contributed by atoms with Gasteiger partial charge in [-0.2, -0.15) is 0 Å². The third-order valence-corrected chi connectivity index (χ3v) is 3.75. The Bertz CT molecular complexity index is 273. The van der Waals surface area contributed by atoms with E-state index in [1.54, 1.807) is 11.3 Å². The van der Waals surface area contributed by atoms with E-state index in [9.17, 15) is 0 Å². The van der Waals surface area contributed by atoms with Crippen molar-refractivity contribution in [2.24, 2.45) is 5.73 Å². The number of hydrogen-bond acceptors (Lipinski definition) is 3. The van der Waals surface area contributed by atoms with Crippen molar-refractivity contribution in [2.75, 3.05) is 20.6 Å². The first-order chi connectivity index (χ1) is 6.58. The van der Waals surface area contributed by atoms with Gasteiger partial charge in [0.2, 0.25) is 0 Å². The Balaban J connectivity index is 2.30. The maximum absolute atomic E-state index is 6.03. The Labute approximate surface area is 98.2 Å². The number of thiophene rings is 1. The van der Waals surface area contributed by atoms with Crippen LogP contribution in [-0.2, 0) is 6.42 Å². The lowest BCUT2D eigenvalue weighted by Crippen LogP contribution is -2.27. The van der Waals surface area contributed by atoms with E-state index in [0.717, 1.165) is 23.9 Å². The first kappa shape index (κ1) is 12.2. The minimum atomic E-state index is 0.281. The van der Waals surface area contributed by atoms with Crippen LogP contribution in [0.2, 0.25) is 0 Å². The molecule has 1 rings (SSSR count). The van der Waals surface area contributed by atoms with Gasteiger partial charge in [0.1, 0.15) is 0 Å². The predicted octanol–water partition coefficient (Wildman–Crippen LogP) is 2.33. The summed E-state index contributed by atoms with van der Waals surface area (Å²) in [7, 11) is 4.16. The smallest absolute Gasteiger partial charge is 0.0285 e. The van der Waals surface area contributed by atoms with Crippen LogP contribution >= 0.6 is 27.3 Å². The lowest BCUT2D eigenvalue weighted by molar-refractivity contribution is 0.380. The zero-order valence-corrected chi connectivity index (χ0v) is 11.1. The number of hydrogen-bond donors (Lipinski definition) is 1. The van der Waals surface area contributed by atoms with Gasteiger partial charge in [-0.1, -0.05) is 0 Å². The average Bonchev–Trinajstić information content (AvgIpc) is 2.48. The standard InChI is InChI=1S/C10H17BrN2S/c1-13(2)4-3-9(12)6-10-5-8(11)7-14-10/h5,7,9H,3-4,6,12H2,1-2H3. The molecule has 0 bridgehead atoms. The summed E-state index contributed by atoms with van der Waals surface area (Å²) >= 11 is 5.22. The van der Waals surface area contributed by atoms with Crippen molar-refractivity contribution < 1.29 is 0 Å². The Kier molecular flexibility index (Phi) is 5.09. The molecule has 4 heteroatoms. The maximum atomic E-state index is 6.03. The van der Waals surface area contributed by atoms with Gasteiger partial charge in [0, 0.05) is 20.8 Å². The molecule has 80 valence electrons. The molecule has 0 aliphatic rings. The molecule has 0 saturated carbocycles. The molecule has 1 atom stereocenters. The van der Waals surface area contributed by atoms with E-state index in [4.69, 9.17) is 5.73 Å². The SMILES string of the molecule is CN(C)CCC(N)Cc1cc(Br)cs1. The van der Waals surface area contributed by atoms with E-state index < -0.39 is 0 Å². The van der Waals surface area contributed by atoms with Gasteiger partial charge in [-0.25, -0.2) is 0 Å². The van der Waals surface area contributed by atoms with Crippen LogP contribution < -0.4 is 5.73 Å². The van der Waals surface area contributed by atoms with Crippen molar-refractivity contribution in [1.29, 1.82) is 0 Å². The van der Waals surface area contributed by atoms with Crippen molar-refractivity contribution in [3.8, 4) is 0 Å². The normalized spacial score (nSPS) is 13.5. The van der Waals surface area contributed by atoms with Gasteiger partial charge < -0.3 is 10.6 Å². The van der Waals surface area contributed by atoms with Crippen molar-refractivity contribution in [2.45, 2.75) is 18.9 Å². The lowest BCUT2D eigenvalue weighted by Gasteiger charge is -2.14. The maximum Gasteiger partial charge on any atom is 0.0285 e. The molecule has 14 heavy (non-hydrogen) atoms. The quantitative estimate of drug-likeness (QED) is 0.895. The van der Waals surface area contributed by atoms with E-state index in [-0.39, 0.29) is 6.04 Å². The van der Waals surface area contributed by atoms with Crippen LogP contribution in [0.25, 0.3) is 0 Å². The molecular formula is C10H17BrN2S. The van der Waals surface area contributed by atoms with Crippen molar-refractivity contribution in [3.05, 3.63) is 20.8 Å². The van der Waals surface area contributed by atoms with Crippen LogP contribution in [0.3, 0.4) is 0 Å². The Morgan fingerprint density at radius 1 is 1.57 bits per heavy atom. The first-order valence-electron chi connectivity index (χ1n) is 4.71. The van der Waals surface area contributed by atoms with Gasteiger partial charge in [-0.3, -0.25) is 0 Å². The minimum absolute atomic E-state index is 0.281. The van der Waals surface area contributed by atoms with Gasteiger partial charge >= 0.3 is 0 Å². The fourth-order valence-electron chi connectivity index (χ4n) is 1.25. The highest BCUT2D eigenvalue weighted by atomic mass is 79.9. The van der Waals surface area contributed by atoms with E-state index in [0.29, 0.717) is 0 Å². The van der Waals surface area contributed by atoms with Crippen molar-refractivity contribution in [1.82, 2.24) is 4.90 Å². The fraction of sp³-hybridized carbons (Fsp3) is 0.600. The third kappa shape index (κ3) is 4.55. The van der Waals surface area contributed by atoms with Gasteiger partial charge in [0.25, 0.3) is 0 Å². The highest BCUT2D eigenvalue weighted by Gasteiger charge is 2.06.